The largest absolute Gasteiger partial charge is 0.462 e. The van der Waals surface area contributed by atoms with Gasteiger partial charge in [-0.3, -0.25) is 14.5 Å². The van der Waals surface area contributed by atoms with Gasteiger partial charge in [0.15, 0.2) is 0 Å². The quantitative estimate of drug-likeness (QED) is 0.610. The highest BCUT2D eigenvalue weighted by molar-refractivity contribution is 7.21. The van der Waals surface area contributed by atoms with E-state index in [0.29, 0.717) is 21.4 Å². The van der Waals surface area contributed by atoms with Crippen molar-refractivity contribution in [1.82, 2.24) is 9.80 Å². The van der Waals surface area contributed by atoms with Crippen molar-refractivity contribution in [3.05, 3.63) is 40.2 Å². The Hall–Kier alpha value is -2.42. The van der Waals surface area contributed by atoms with Crippen molar-refractivity contribution in [2.75, 3.05) is 45.7 Å². The molecule has 0 radical (unpaired) electrons. The highest BCUT2D eigenvalue weighted by Crippen LogP contribution is 2.44. The Balaban J connectivity index is 1.78. The van der Waals surface area contributed by atoms with Gasteiger partial charge in [-0.2, -0.15) is 0 Å². The Morgan fingerprint density at radius 3 is 2.62 bits per heavy atom. The van der Waals surface area contributed by atoms with Gasteiger partial charge in [0.05, 0.1) is 19.1 Å². The maximum atomic E-state index is 12.8. The van der Waals surface area contributed by atoms with E-state index in [0.717, 1.165) is 36.3 Å². The van der Waals surface area contributed by atoms with E-state index in [-0.39, 0.29) is 36.4 Å². The Morgan fingerprint density at radius 2 is 1.97 bits per heavy atom. The number of hydrogen-bond acceptors (Lipinski definition) is 6. The second-order valence-corrected chi connectivity index (χ2v) is 9.52. The van der Waals surface area contributed by atoms with Crippen LogP contribution in [0.4, 0.5) is 5.00 Å². The second kappa shape index (κ2) is 10.9. The predicted octanol–water partition coefficient (Wildman–Crippen LogP) is 3.98. The van der Waals surface area contributed by atoms with Crippen LogP contribution in [-0.2, 0) is 14.3 Å². The average molecular weight is 478 g/mol. The maximum absolute atomic E-state index is 12.8. The molecule has 1 aliphatic rings. The van der Waals surface area contributed by atoms with Gasteiger partial charge < -0.3 is 15.0 Å². The number of hydrogen-bond donors (Lipinski definition) is 1. The number of carbonyl (C=O) groups excluding carboxylic acids is 3. The van der Waals surface area contributed by atoms with Crippen LogP contribution in [0.3, 0.4) is 0 Å². The van der Waals surface area contributed by atoms with Gasteiger partial charge in [-0.15, -0.1) is 11.3 Å². The summed E-state index contributed by atoms with van der Waals surface area (Å²) in [5.74, 6) is -0.815. The van der Waals surface area contributed by atoms with E-state index in [1.807, 2.05) is 35.2 Å². The van der Waals surface area contributed by atoms with Gasteiger partial charge in [0.2, 0.25) is 11.8 Å². The van der Waals surface area contributed by atoms with E-state index in [2.05, 4.69) is 5.32 Å². The molecule has 2 heterocycles. The molecule has 0 aliphatic carbocycles. The lowest BCUT2D eigenvalue weighted by Crippen LogP contribution is -2.45. The van der Waals surface area contributed by atoms with Crippen LogP contribution >= 0.6 is 22.9 Å². The molecule has 1 saturated heterocycles. The van der Waals surface area contributed by atoms with E-state index in [1.54, 1.807) is 25.9 Å². The minimum absolute atomic E-state index is 0.0808. The lowest BCUT2D eigenvalue weighted by Gasteiger charge is -2.32. The zero-order valence-electron chi connectivity index (χ0n) is 18.5. The smallest absolute Gasteiger partial charge is 0.341 e. The molecule has 1 aliphatic heterocycles. The molecule has 172 valence electrons. The molecule has 1 aromatic heterocycles. The molecular formula is C23H28ClN3O4S. The normalized spacial score (nSPS) is 16.4. The molecule has 1 fully saturated rings. The first-order valence-electron chi connectivity index (χ1n) is 10.6. The molecule has 0 bridgehead atoms. The molecule has 7 nitrogen and oxygen atoms in total. The summed E-state index contributed by atoms with van der Waals surface area (Å²) in [7, 11) is 3.49. The molecule has 3 rings (SSSR count). The molecular weight excluding hydrogens is 450 g/mol. The Morgan fingerprint density at radius 1 is 1.25 bits per heavy atom. The SMILES string of the molecule is CCOC(=O)c1c(NC(=O)CN2CCCC(C(=O)N(C)C)C2)sc(Cl)c1-c1ccccc1. The molecule has 2 amide bonds. The molecule has 0 spiro atoms. The number of halogens is 1. The summed E-state index contributed by atoms with van der Waals surface area (Å²) in [4.78, 5) is 41.5. The number of rotatable bonds is 7. The molecule has 9 heteroatoms. The standard InChI is InChI=1S/C23H28ClN3O4S/c1-4-31-23(30)19-18(15-9-6-5-7-10-15)20(24)32-21(19)25-17(28)14-27-12-8-11-16(13-27)22(29)26(2)3/h5-7,9-10,16H,4,8,11-14H2,1-3H3,(H,25,28). The summed E-state index contributed by atoms with van der Waals surface area (Å²) in [5.41, 5.74) is 1.60. The van der Waals surface area contributed by atoms with Crippen LogP contribution in [0.1, 0.15) is 30.1 Å². The van der Waals surface area contributed by atoms with Crippen LogP contribution in [0.5, 0.6) is 0 Å². The second-order valence-electron chi connectivity index (χ2n) is 7.90. The van der Waals surface area contributed by atoms with Gasteiger partial charge in [-0.1, -0.05) is 41.9 Å². The molecule has 2 aromatic rings. The number of amides is 2. The Kier molecular flexibility index (Phi) is 8.28. The fraction of sp³-hybridized carbons (Fsp3) is 0.435. The number of nitrogens with zero attached hydrogens (tertiary/aromatic N) is 2. The van der Waals surface area contributed by atoms with Crippen LogP contribution < -0.4 is 5.32 Å². The summed E-state index contributed by atoms with van der Waals surface area (Å²) in [6, 6.07) is 9.32. The number of benzene rings is 1. The minimum Gasteiger partial charge on any atom is -0.462 e. The minimum atomic E-state index is -0.528. The molecule has 1 aromatic carbocycles. The van der Waals surface area contributed by atoms with Gasteiger partial charge in [-0.25, -0.2) is 4.79 Å². The number of likely N-dealkylation sites (tertiary alicyclic amines) is 1. The molecule has 32 heavy (non-hydrogen) atoms. The predicted molar refractivity (Wildman–Crippen MR) is 127 cm³/mol. The highest BCUT2D eigenvalue weighted by Gasteiger charge is 2.29. The molecule has 0 saturated carbocycles. The lowest BCUT2D eigenvalue weighted by molar-refractivity contribution is -0.135. The van der Waals surface area contributed by atoms with E-state index in [9.17, 15) is 14.4 Å². The van der Waals surface area contributed by atoms with E-state index >= 15 is 0 Å². The topological polar surface area (TPSA) is 79.0 Å². The summed E-state index contributed by atoms with van der Waals surface area (Å²) in [5, 5.41) is 3.22. The Labute approximate surface area is 197 Å². The number of nitrogens with one attached hydrogen (secondary N) is 1. The van der Waals surface area contributed by atoms with Gasteiger partial charge >= 0.3 is 5.97 Å². The van der Waals surface area contributed by atoms with Crippen LogP contribution in [0.25, 0.3) is 11.1 Å². The fourth-order valence-corrected chi connectivity index (χ4v) is 5.28. The number of esters is 1. The van der Waals surface area contributed by atoms with Gasteiger partial charge in [0, 0.05) is 26.2 Å². The van der Waals surface area contributed by atoms with Crippen molar-refractivity contribution in [1.29, 1.82) is 0 Å². The first-order valence-corrected chi connectivity index (χ1v) is 11.8. The zero-order chi connectivity index (χ0) is 23.3. The number of carbonyl (C=O) groups is 3. The third-order valence-electron chi connectivity index (χ3n) is 5.32. The average Bonchev–Trinajstić information content (AvgIpc) is 3.09. The van der Waals surface area contributed by atoms with E-state index in [1.165, 1.54) is 0 Å². The van der Waals surface area contributed by atoms with E-state index in [4.69, 9.17) is 16.3 Å². The summed E-state index contributed by atoms with van der Waals surface area (Å²) >= 11 is 7.64. The van der Waals surface area contributed by atoms with Crippen molar-refractivity contribution in [3.63, 3.8) is 0 Å². The first kappa shape index (κ1) is 24.2. The monoisotopic (exact) mass is 477 g/mol. The highest BCUT2D eigenvalue weighted by atomic mass is 35.5. The number of anilines is 1. The van der Waals surface area contributed by atoms with Crippen molar-refractivity contribution in [2.24, 2.45) is 5.92 Å². The summed E-state index contributed by atoms with van der Waals surface area (Å²) in [6.45, 7) is 3.36. The number of ether oxygens (including phenoxy) is 1. The fourth-order valence-electron chi connectivity index (χ4n) is 3.89. The van der Waals surface area contributed by atoms with Crippen LogP contribution in [-0.4, -0.2) is 67.9 Å². The van der Waals surface area contributed by atoms with Crippen molar-refractivity contribution in [2.45, 2.75) is 19.8 Å². The van der Waals surface area contributed by atoms with Gasteiger partial charge in [0.25, 0.3) is 0 Å². The van der Waals surface area contributed by atoms with Crippen LogP contribution in [0.2, 0.25) is 4.34 Å². The van der Waals surface area contributed by atoms with Crippen molar-refractivity contribution < 1.29 is 19.1 Å². The molecule has 1 unspecified atom stereocenters. The van der Waals surface area contributed by atoms with Crippen molar-refractivity contribution >= 4 is 45.7 Å². The van der Waals surface area contributed by atoms with Crippen LogP contribution in [0.15, 0.2) is 30.3 Å². The van der Waals surface area contributed by atoms with E-state index < -0.39 is 5.97 Å². The molecule has 1 atom stereocenters. The molecule has 1 N–H and O–H groups in total. The summed E-state index contributed by atoms with van der Waals surface area (Å²) < 4.78 is 5.65. The van der Waals surface area contributed by atoms with Crippen molar-refractivity contribution in [3.8, 4) is 11.1 Å². The lowest BCUT2D eigenvalue weighted by atomic mass is 9.97. The van der Waals surface area contributed by atoms with Gasteiger partial charge in [0.1, 0.15) is 14.9 Å². The third-order valence-corrected chi connectivity index (χ3v) is 6.64. The third kappa shape index (κ3) is 5.68. The Bertz CT molecular complexity index is 977. The number of piperidine rings is 1. The summed E-state index contributed by atoms with van der Waals surface area (Å²) in [6.07, 6.45) is 1.68. The zero-order valence-corrected chi connectivity index (χ0v) is 20.1. The maximum Gasteiger partial charge on any atom is 0.341 e. The van der Waals surface area contributed by atoms with Crippen LogP contribution in [0, 0.1) is 5.92 Å². The first-order chi connectivity index (χ1) is 15.3. The number of thiophene rings is 1. The van der Waals surface area contributed by atoms with Gasteiger partial charge in [-0.05, 0) is 31.9 Å².